The average molecular weight is 522 g/mol. The molecule has 1 aliphatic carbocycles. The van der Waals surface area contributed by atoms with Crippen LogP contribution in [0.1, 0.15) is 47.0 Å². The molecular formula is C31H39NO6. The Kier molecular flexibility index (Phi) is 7.60. The van der Waals surface area contributed by atoms with E-state index in [9.17, 15) is 14.4 Å². The van der Waals surface area contributed by atoms with Gasteiger partial charge in [-0.2, -0.15) is 0 Å². The number of ether oxygens (including phenoxy) is 3. The van der Waals surface area contributed by atoms with Gasteiger partial charge in [-0.25, -0.2) is 0 Å². The second-order valence-corrected chi connectivity index (χ2v) is 11.8. The van der Waals surface area contributed by atoms with Crippen LogP contribution < -0.4 is 9.47 Å². The molecule has 0 spiro atoms. The van der Waals surface area contributed by atoms with Gasteiger partial charge in [-0.1, -0.05) is 45.9 Å². The van der Waals surface area contributed by atoms with E-state index >= 15 is 0 Å². The van der Waals surface area contributed by atoms with Crippen molar-refractivity contribution < 1.29 is 28.6 Å². The number of rotatable bonds is 9. The van der Waals surface area contributed by atoms with Gasteiger partial charge in [-0.05, 0) is 47.4 Å². The second-order valence-electron chi connectivity index (χ2n) is 11.8. The van der Waals surface area contributed by atoms with Crippen LogP contribution in [0.25, 0.3) is 10.8 Å². The van der Waals surface area contributed by atoms with Crippen molar-refractivity contribution in [3.05, 3.63) is 49.1 Å². The lowest BCUT2D eigenvalue weighted by Crippen LogP contribution is -2.46. The maximum Gasteiger partial charge on any atom is 0.312 e. The Hall–Kier alpha value is -3.35. The van der Waals surface area contributed by atoms with Gasteiger partial charge in [0.15, 0.2) is 5.78 Å². The topological polar surface area (TPSA) is 82.1 Å². The Labute approximate surface area is 225 Å². The minimum atomic E-state index is -0.883. The lowest BCUT2D eigenvalue weighted by Gasteiger charge is -2.33. The van der Waals surface area contributed by atoms with Gasteiger partial charge in [0.05, 0.1) is 32.2 Å². The number of likely N-dealkylation sites (tertiary alicyclic amines) is 1. The monoisotopic (exact) mass is 521 g/mol. The van der Waals surface area contributed by atoms with E-state index in [1.54, 1.807) is 18.1 Å². The number of hydrogen-bond donors (Lipinski definition) is 0. The van der Waals surface area contributed by atoms with Crippen LogP contribution in [0, 0.1) is 22.7 Å². The summed E-state index contributed by atoms with van der Waals surface area (Å²) in [5.74, 6) is 0.450. The van der Waals surface area contributed by atoms with Gasteiger partial charge in [0.1, 0.15) is 17.6 Å². The fraction of sp³-hybridized carbons (Fsp3) is 0.516. The maximum atomic E-state index is 13.7. The first kappa shape index (κ1) is 27.7. The molecule has 0 aromatic heterocycles. The summed E-state index contributed by atoms with van der Waals surface area (Å²) < 4.78 is 16.8. The minimum Gasteiger partial charge on any atom is -0.497 e. The Bertz CT molecular complexity index is 1250. The van der Waals surface area contributed by atoms with Gasteiger partial charge in [0, 0.05) is 24.1 Å². The summed E-state index contributed by atoms with van der Waals surface area (Å²) in [4.78, 5) is 41.7. The first-order valence-corrected chi connectivity index (χ1v) is 13.2. The molecule has 204 valence electrons. The molecule has 2 fully saturated rings. The molecule has 7 heteroatoms. The number of carbonyl (C=O) groups is 3. The van der Waals surface area contributed by atoms with Crippen molar-refractivity contribution in [1.82, 2.24) is 4.90 Å². The maximum absolute atomic E-state index is 13.7. The summed E-state index contributed by atoms with van der Waals surface area (Å²) in [6.07, 6.45) is 2.27. The highest BCUT2D eigenvalue weighted by Gasteiger charge is 2.61. The number of esters is 1. The molecule has 0 unspecified atom stereocenters. The number of hydrogen-bond acceptors (Lipinski definition) is 6. The summed E-state index contributed by atoms with van der Waals surface area (Å²) in [7, 11) is 2.97. The third-order valence-electron chi connectivity index (χ3n) is 8.43. The van der Waals surface area contributed by atoms with Gasteiger partial charge in [0.25, 0.3) is 0 Å². The van der Waals surface area contributed by atoms with Crippen LogP contribution in [-0.4, -0.2) is 55.5 Å². The second kappa shape index (κ2) is 10.4. The predicted octanol–water partition coefficient (Wildman–Crippen LogP) is 5.20. The molecular weight excluding hydrogens is 482 g/mol. The summed E-state index contributed by atoms with van der Waals surface area (Å²) in [5.41, 5.74) is -1.15. The van der Waals surface area contributed by atoms with Gasteiger partial charge < -0.3 is 19.1 Å². The van der Waals surface area contributed by atoms with Crippen molar-refractivity contribution >= 4 is 28.4 Å². The number of amides is 1. The average Bonchev–Trinajstić information content (AvgIpc) is 3.45. The normalized spacial score (nSPS) is 25.5. The standard InChI is InChI=1S/C31H39NO6/c1-8-21-16-31(21,29(35)37-7)17-26(33)25-15-23(18-32(25)28(34)19(2)30(3,4)5)38-27-11-9-10-20-14-22(36-6)12-13-24(20)27/h8-14,19,21,23,25H,1,15-18H2,2-7H3/t19-,21-,23-,25+,31-/m1/s1. The van der Waals surface area contributed by atoms with Crippen molar-refractivity contribution in [2.45, 2.75) is 59.1 Å². The lowest BCUT2D eigenvalue weighted by atomic mass is 9.81. The fourth-order valence-electron chi connectivity index (χ4n) is 5.48. The first-order chi connectivity index (χ1) is 17.9. The number of ketones is 1. The highest BCUT2D eigenvalue weighted by molar-refractivity contribution is 5.95. The molecule has 0 bridgehead atoms. The molecule has 2 aromatic carbocycles. The Morgan fingerprint density at radius 1 is 1.18 bits per heavy atom. The highest BCUT2D eigenvalue weighted by atomic mass is 16.5. The molecule has 2 aromatic rings. The molecule has 5 atom stereocenters. The number of carbonyl (C=O) groups excluding carboxylic acids is 3. The van der Waals surface area contributed by atoms with E-state index in [2.05, 4.69) is 6.58 Å². The van der Waals surface area contributed by atoms with Gasteiger partial charge in [0.2, 0.25) is 5.91 Å². The Morgan fingerprint density at radius 2 is 1.92 bits per heavy atom. The predicted molar refractivity (Wildman–Crippen MR) is 146 cm³/mol. The number of fused-ring (bicyclic) bond motifs is 1. The molecule has 0 N–H and O–H groups in total. The molecule has 1 saturated heterocycles. The van der Waals surface area contributed by atoms with Crippen molar-refractivity contribution in [3.63, 3.8) is 0 Å². The van der Waals surface area contributed by atoms with Crippen LogP contribution in [0.3, 0.4) is 0 Å². The summed E-state index contributed by atoms with van der Waals surface area (Å²) in [6, 6.07) is 10.9. The van der Waals surface area contributed by atoms with Crippen molar-refractivity contribution in [2.75, 3.05) is 20.8 Å². The molecule has 2 aliphatic rings. The molecule has 38 heavy (non-hydrogen) atoms. The molecule has 1 aliphatic heterocycles. The molecule has 7 nitrogen and oxygen atoms in total. The smallest absolute Gasteiger partial charge is 0.312 e. The SMILES string of the molecule is C=C[C@@H]1C[C@]1(CC(=O)[C@@H]1C[C@@H](Oc2cccc3cc(OC)ccc23)CN1C(=O)[C@@H](C)C(C)(C)C)C(=O)OC. The minimum absolute atomic E-state index is 0.0233. The highest BCUT2D eigenvalue weighted by Crippen LogP contribution is 2.57. The van der Waals surface area contributed by atoms with E-state index in [-0.39, 0.29) is 41.5 Å². The Balaban J connectivity index is 1.61. The van der Waals surface area contributed by atoms with Crippen LogP contribution in [-0.2, 0) is 19.1 Å². The first-order valence-electron chi connectivity index (χ1n) is 13.2. The number of allylic oxidation sites excluding steroid dienone is 1. The van der Waals surface area contributed by atoms with Crippen LogP contribution in [0.5, 0.6) is 11.5 Å². The van der Waals surface area contributed by atoms with E-state index < -0.39 is 17.4 Å². The van der Waals surface area contributed by atoms with E-state index in [1.165, 1.54) is 7.11 Å². The summed E-state index contributed by atoms with van der Waals surface area (Å²) in [6.45, 7) is 12.1. The zero-order valence-electron chi connectivity index (χ0n) is 23.3. The third kappa shape index (κ3) is 5.16. The summed E-state index contributed by atoms with van der Waals surface area (Å²) >= 11 is 0. The molecule has 4 rings (SSSR count). The number of Topliss-reactive ketones (excluding diaryl/α,β-unsaturated/α-hetero) is 1. The van der Waals surface area contributed by atoms with Crippen LogP contribution in [0.2, 0.25) is 0 Å². The molecule has 1 amide bonds. The van der Waals surface area contributed by atoms with E-state index in [0.717, 1.165) is 16.5 Å². The largest absolute Gasteiger partial charge is 0.497 e. The van der Waals surface area contributed by atoms with E-state index in [0.29, 0.717) is 25.1 Å². The van der Waals surface area contributed by atoms with E-state index in [1.807, 2.05) is 64.1 Å². The van der Waals surface area contributed by atoms with Gasteiger partial charge >= 0.3 is 5.97 Å². The molecule has 0 radical (unpaired) electrons. The zero-order valence-corrected chi connectivity index (χ0v) is 23.3. The fourth-order valence-corrected chi connectivity index (χ4v) is 5.48. The van der Waals surface area contributed by atoms with E-state index in [4.69, 9.17) is 14.2 Å². The van der Waals surface area contributed by atoms with Crippen LogP contribution >= 0.6 is 0 Å². The van der Waals surface area contributed by atoms with Crippen LogP contribution in [0.15, 0.2) is 49.1 Å². The quantitative estimate of drug-likeness (QED) is 0.333. The van der Waals surface area contributed by atoms with Gasteiger partial charge in [-0.15, -0.1) is 6.58 Å². The zero-order chi connectivity index (χ0) is 27.8. The number of benzene rings is 2. The molecule has 1 heterocycles. The number of nitrogens with zero attached hydrogens (tertiary/aromatic N) is 1. The van der Waals surface area contributed by atoms with Crippen LogP contribution in [0.4, 0.5) is 0 Å². The number of methoxy groups -OCH3 is 2. The van der Waals surface area contributed by atoms with Crippen molar-refractivity contribution in [2.24, 2.45) is 22.7 Å². The Morgan fingerprint density at radius 3 is 2.53 bits per heavy atom. The van der Waals surface area contributed by atoms with Gasteiger partial charge in [-0.3, -0.25) is 14.4 Å². The molecule has 1 saturated carbocycles. The lowest BCUT2D eigenvalue weighted by molar-refractivity contribution is -0.150. The van der Waals surface area contributed by atoms with Crippen molar-refractivity contribution in [3.8, 4) is 11.5 Å². The summed E-state index contributed by atoms with van der Waals surface area (Å²) in [5, 5.41) is 1.91. The third-order valence-corrected chi connectivity index (χ3v) is 8.43. The van der Waals surface area contributed by atoms with Crippen molar-refractivity contribution in [1.29, 1.82) is 0 Å².